The minimum Gasteiger partial charge on any atom is -0.444 e. The molecule has 2 aromatic rings. The lowest BCUT2D eigenvalue weighted by Crippen LogP contribution is -2.47. The second-order valence-electron chi connectivity index (χ2n) is 6.74. The van der Waals surface area contributed by atoms with Crippen LogP contribution in [0.2, 0.25) is 0 Å². The molecule has 1 aliphatic heterocycles. The van der Waals surface area contributed by atoms with Gasteiger partial charge in [0.05, 0.1) is 25.3 Å². The van der Waals surface area contributed by atoms with Crippen molar-refractivity contribution in [2.75, 3.05) is 31.1 Å². The zero-order valence-electron chi connectivity index (χ0n) is 16.7. The van der Waals surface area contributed by atoms with Gasteiger partial charge in [-0.15, -0.1) is 0 Å². The summed E-state index contributed by atoms with van der Waals surface area (Å²) in [6.45, 7) is 9.60. The highest BCUT2D eigenvalue weighted by atomic mass is 16.4. The number of amides is 1. The normalized spacial score (nSPS) is 14.8. The van der Waals surface area contributed by atoms with Gasteiger partial charge in [-0.05, 0) is 38.5 Å². The van der Waals surface area contributed by atoms with Crippen LogP contribution in [0.3, 0.4) is 0 Å². The summed E-state index contributed by atoms with van der Waals surface area (Å²) in [5, 5.41) is 9.32. The number of aromatic nitrogens is 1. The van der Waals surface area contributed by atoms with E-state index in [0.29, 0.717) is 38.0 Å². The first kappa shape index (κ1) is 19.7. The number of carbonyl (C=O) groups excluding carboxylic acids is 1. The van der Waals surface area contributed by atoms with Crippen molar-refractivity contribution in [3.05, 3.63) is 47.2 Å². The Morgan fingerprint density at radius 2 is 2.07 bits per heavy atom. The van der Waals surface area contributed by atoms with Crippen LogP contribution < -0.4 is 20.9 Å². The number of carbonyl (C=O) groups is 1. The predicted molar refractivity (Wildman–Crippen MR) is 109 cm³/mol. The number of nitrogens with one attached hydrogen (secondary N) is 3. The van der Waals surface area contributed by atoms with Crippen LogP contribution in [0.5, 0.6) is 0 Å². The van der Waals surface area contributed by atoms with Gasteiger partial charge in [-0.1, -0.05) is 12.1 Å². The molecule has 0 saturated carbocycles. The summed E-state index contributed by atoms with van der Waals surface area (Å²) < 4.78 is 5.59. The molecular weight excluding hydrogens is 356 g/mol. The SMILES string of the molecule is CCNC(=NCc1ccc(N2CCNC(=O)C2)cc1)NCc1nc(C)c(C)o1. The zero-order valence-corrected chi connectivity index (χ0v) is 16.7. The Kier molecular flexibility index (Phi) is 6.52. The average Bonchev–Trinajstić information content (AvgIpc) is 3.02. The van der Waals surface area contributed by atoms with E-state index in [4.69, 9.17) is 4.42 Å². The monoisotopic (exact) mass is 384 g/mol. The molecule has 1 amide bonds. The Morgan fingerprint density at radius 3 is 2.71 bits per heavy atom. The number of aliphatic imine (C=N–C) groups is 1. The van der Waals surface area contributed by atoms with E-state index < -0.39 is 0 Å². The molecule has 1 aliphatic rings. The van der Waals surface area contributed by atoms with Gasteiger partial charge in [-0.25, -0.2) is 9.98 Å². The summed E-state index contributed by atoms with van der Waals surface area (Å²) in [6, 6.07) is 8.19. The Labute approximate surface area is 165 Å². The van der Waals surface area contributed by atoms with Crippen molar-refractivity contribution in [1.82, 2.24) is 20.9 Å². The number of aryl methyl sites for hydroxylation is 2. The van der Waals surface area contributed by atoms with Gasteiger partial charge in [0.2, 0.25) is 11.8 Å². The quantitative estimate of drug-likeness (QED) is 0.516. The molecular formula is C20H28N6O2. The molecule has 1 fully saturated rings. The smallest absolute Gasteiger partial charge is 0.239 e. The first-order valence-corrected chi connectivity index (χ1v) is 9.61. The molecule has 8 heteroatoms. The minimum atomic E-state index is 0.0673. The second kappa shape index (κ2) is 9.25. The maximum absolute atomic E-state index is 11.5. The van der Waals surface area contributed by atoms with Crippen molar-refractivity contribution >= 4 is 17.6 Å². The van der Waals surface area contributed by atoms with Gasteiger partial charge in [0.15, 0.2) is 5.96 Å². The highest BCUT2D eigenvalue weighted by Crippen LogP contribution is 2.16. The minimum absolute atomic E-state index is 0.0673. The summed E-state index contributed by atoms with van der Waals surface area (Å²) in [4.78, 5) is 22.6. The topological polar surface area (TPSA) is 94.8 Å². The number of hydrogen-bond acceptors (Lipinski definition) is 5. The lowest BCUT2D eigenvalue weighted by Gasteiger charge is -2.28. The molecule has 8 nitrogen and oxygen atoms in total. The molecule has 2 heterocycles. The van der Waals surface area contributed by atoms with Gasteiger partial charge in [0, 0.05) is 25.3 Å². The van der Waals surface area contributed by atoms with Crippen LogP contribution in [0.25, 0.3) is 0 Å². The summed E-state index contributed by atoms with van der Waals surface area (Å²) in [5.74, 6) is 2.27. The first-order valence-electron chi connectivity index (χ1n) is 9.61. The fourth-order valence-electron chi connectivity index (χ4n) is 2.96. The van der Waals surface area contributed by atoms with Crippen LogP contribution in [0.15, 0.2) is 33.7 Å². The second-order valence-corrected chi connectivity index (χ2v) is 6.74. The highest BCUT2D eigenvalue weighted by Gasteiger charge is 2.16. The van der Waals surface area contributed by atoms with Crippen molar-refractivity contribution < 1.29 is 9.21 Å². The van der Waals surface area contributed by atoms with Crippen LogP contribution in [-0.4, -0.2) is 43.0 Å². The Hall–Kier alpha value is -3.03. The van der Waals surface area contributed by atoms with E-state index in [-0.39, 0.29) is 5.91 Å². The van der Waals surface area contributed by atoms with Crippen LogP contribution in [0, 0.1) is 13.8 Å². The number of rotatable bonds is 6. The maximum atomic E-state index is 11.5. The Balaban J connectivity index is 1.58. The molecule has 150 valence electrons. The molecule has 0 aliphatic carbocycles. The molecule has 1 aromatic carbocycles. The van der Waals surface area contributed by atoms with Gasteiger partial charge in [0.1, 0.15) is 5.76 Å². The van der Waals surface area contributed by atoms with Gasteiger partial charge < -0.3 is 25.3 Å². The summed E-state index contributed by atoms with van der Waals surface area (Å²) >= 11 is 0. The number of anilines is 1. The lowest BCUT2D eigenvalue weighted by molar-refractivity contribution is -0.120. The van der Waals surface area contributed by atoms with Gasteiger partial charge in [0.25, 0.3) is 0 Å². The predicted octanol–water partition coefficient (Wildman–Crippen LogP) is 1.48. The standard InChI is InChI=1S/C20H28N6O2/c1-4-21-20(24-12-19-25-14(2)15(3)28-19)23-11-16-5-7-17(8-6-16)26-10-9-22-18(27)13-26/h5-8H,4,9-13H2,1-3H3,(H,22,27)(H2,21,23,24). The molecule has 0 atom stereocenters. The fraction of sp³-hybridized carbons (Fsp3) is 0.450. The number of benzene rings is 1. The van der Waals surface area contributed by atoms with Crippen molar-refractivity contribution in [2.24, 2.45) is 4.99 Å². The molecule has 3 N–H and O–H groups in total. The van der Waals surface area contributed by atoms with E-state index in [0.717, 1.165) is 35.8 Å². The third-order valence-electron chi connectivity index (χ3n) is 4.58. The maximum Gasteiger partial charge on any atom is 0.239 e. The Morgan fingerprint density at radius 1 is 1.29 bits per heavy atom. The number of nitrogens with zero attached hydrogens (tertiary/aromatic N) is 3. The molecule has 28 heavy (non-hydrogen) atoms. The summed E-state index contributed by atoms with van der Waals surface area (Å²) in [7, 11) is 0. The first-order chi connectivity index (χ1) is 13.5. The van der Waals surface area contributed by atoms with Crippen molar-refractivity contribution in [3.63, 3.8) is 0 Å². The van der Waals surface area contributed by atoms with Crippen molar-refractivity contribution in [1.29, 1.82) is 0 Å². The molecule has 1 aromatic heterocycles. The van der Waals surface area contributed by atoms with E-state index in [9.17, 15) is 4.79 Å². The number of piperazine rings is 1. The van der Waals surface area contributed by atoms with Crippen LogP contribution >= 0.6 is 0 Å². The van der Waals surface area contributed by atoms with Crippen molar-refractivity contribution in [2.45, 2.75) is 33.9 Å². The van der Waals surface area contributed by atoms with Gasteiger partial charge in [-0.2, -0.15) is 0 Å². The lowest BCUT2D eigenvalue weighted by atomic mass is 10.2. The van der Waals surface area contributed by atoms with E-state index in [2.05, 4.69) is 43.0 Å². The fourth-order valence-corrected chi connectivity index (χ4v) is 2.96. The van der Waals surface area contributed by atoms with Gasteiger partial charge >= 0.3 is 0 Å². The van der Waals surface area contributed by atoms with E-state index in [1.165, 1.54) is 0 Å². The molecule has 3 rings (SSSR count). The summed E-state index contributed by atoms with van der Waals surface area (Å²) in [6.07, 6.45) is 0. The molecule has 0 radical (unpaired) electrons. The number of guanidine groups is 1. The van der Waals surface area contributed by atoms with Crippen LogP contribution in [0.1, 0.15) is 29.8 Å². The third-order valence-corrected chi connectivity index (χ3v) is 4.58. The van der Waals surface area contributed by atoms with Crippen LogP contribution in [-0.2, 0) is 17.9 Å². The molecule has 1 saturated heterocycles. The zero-order chi connectivity index (χ0) is 19.9. The molecule has 0 spiro atoms. The van der Waals surface area contributed by atoms with Gasteiger partial charge in [-0.3, -0.25) is 4.79 Å². The van der Waals surface area contributed by atoms with E-state index in [1.807, 2.05) is 32.9 Å². The highest BCUT2D eigenvalue weighted by molar-refractivity contribution is 5.82. The Bertz CT molecular complexity index is 808. The van der Waals surface area contributed by atoms with Crippen LogP contribution in [0.4, 0.5) is 5.69 Å². The molecule has 0 bridgehead atoms. The average molecular weight is 384 g/mol. The largest absolute Gasteiger partial charge is 0.444 e. The van der Waals surface area contributed by atoms with E-state index >= 15 is 0 Å². The summed E-state index contributed by atoms with van der Waals surface area (Å²) in [5.41, 5.74) is 3.07. The number of oxazole rings is 1. The molecule has 0 unspecified atom stereocenters. The van der Waals surface area contributed by atoms with Crippen molar-refractivity contribution in [3.8, 4) is 0 Å². The third kappa shape index (κ3) is 5.25. The number of hydrogen-bond donors (Lipinski definition) is 3. The van der Waals surface area contributed by atoms with E-state index in [1.54, 1.807) is 0 Å².